The van der Waals surface area contributed by atoms with Crippen LogP contribution in [0.1, 0.15) is 106 Å². The molecular weight excluding hydrogens is 797 g/mol. The molecule has 0 spiro atoms. The van der Waals surface area contributed by atoms with Crippen LogP contribution in [0.15, 0.2) is 11.6 Å². The molecular formula is C42H59Li2NaO16. The molecule has 0 bridgehead atoms. The van der Waals surface area contributed by atoms with Gasteiger partial charge in [0.15, 0.2) is 18.4 Å². The van der Waals surface area contributed by atoms with E-state index >= 15 is 0 Å². The van der Waals surface area contributed by atoms with Gasteiger partial charge >= 0.3 is 67.3 Å². The largest absolute Gasteiger partial charge is 1.00 e. The van der Waals surface area contributed by atoms with Crippen molar-refractivity contribution in [1.29, 1.82) is 0 Å². The van der Waals surface area contributed by atoms with Crippen LogP contribution in [0, 0.1) is 50.2 Å². The number of rotatable bonds is 7. The molecule has 16 nitrogen and oxygen atoms in total. The van der Waals surface area contributed by atoms with Crippen molar-refractivity contribution in [1.82, 2.24) is 0 Å². The second-order valence-electron chi connectivity index (χ2n) is 20.7. The van der Waals surface area contributed by atoms with Gasteiger partial charge in [0.05, 0.1) is 18.0 Å². The first-order valence-electron chi connectivity index (χ1n) is 20.7. The quantitative estimate of drug-likeness (QED) is 0.118. The van der Waals surface area contributed by atoms with E-state index in [1.807, 2.05) is 6.08 Å². The van der Waals surface area contributed by atoms with E-state index in [4.69, 9.17) is 18.9 Å². The van der Waals surface area contributed by atoms with Crippen molar-refractivity contribution in [3.63, 3.8) is 0 Å². The van der Waals surface area contributed by atoms with Crippen molar-refractivity contribution in [3.8, 4) is 0 Å². The van der Waals surface area contributed by atoms with E-state index < -0.39 is 118 Å². The summed E-state index contributed by atoms with van der Waals surface area (Å²) < 4.78 is 22.6. The topological polar surface area (TPSA) is 276 Å². The van der Waals surface area contributed by atoms with Gasteiger partial charge in [-0.3, -0.25) is 4.79 Å². The number of aliphatic hydroxyl groups excluding tert-OH is 5. The van der Waals surface area contributed by atoms with Crippen molar-refractivity contribution >= 4 is 23.7 Å². The summed E-state index contributed by atoms with van der Waals surface area (Å²) in [6.45, 7) is 14.8. The van der Waals surface area contributed by atoms with E-state index in [0.29, 0.717) is 25.7 Å². The summed E-state index contributed by atoms with van der Waals surface area (Å²) in [6, 6.07) is 0. The van der Waals surface area contributed by atoms with E-state index in [2.05, 4.69) is 41.5 Å². The molecule has 19 atom stereocenters. The summed E-state index contributed by atoms with van der Waals surface area (Å²) in [5, 5.41) is 89.6. The molecule has 7 rings (SSSR count). The number of ketones is 1. The van der Waals surface area contributed by atoms with Gasteiger partial charge in [-0.05, 0) is 103 Å². The summed E-state index contributed by atoms with van der Waals surface area (Å²) >= 11 is 0. The second kappa shape index (κ2) is 18.0. The van der Waals surface area contributed by atoms with Gasteiger partial charge < -0.3 is 74.2 Å². The number of carboxylic acids is 3. The summed E-state index contributed by atoms with van der Waals surface area (Å²) in [5.74, 6) is -5.40. The molecule has 5 aliphatic carbocycles. The molecule has 0 amide bonds. The van der Waals surface area contributed by atoms with Gasteiger partial charge in [-0.25, -0.2) is 0 Å². The Morgan fingerprint density at radius 2 is 1.26 bits per heavy atom. The van der Waals surface area contributed by atoms with Crippen molar-refractivity contribution in [2.45, 2.75) is 174 Å². The fourth-order valence-corrected chi connectivity index (χ4v) is 13.5. The van der Waals surface area contributed by atoms with E-state index in [9.17, 15) is 60.0 Å². The molecule has 2 heterocycles. The number of carbonyl (C=O) groups excluding carboxylic acids is 4. The molecule has 7 aliphatic rings. The number of carboxylic acid groups (broad SMARTS) is 3. The minimum Gasteiger partial charge on any atom is -0.550 e. The number of aliphatic hydroxyl groups is 5. The molecule has 19 heteroatoms. The number of fused-ring (bicyclic) bond motifs is 7. The van der Waals surface area contributed by atoms with Crippen molar-refractivity contribution in [2.24, 2.45) is 50.2 Å². The zero-order valence-electron chi connectivity index (χ0n) is 37.3. The normalized spacial score (nSPS) is 50.0. The Labute approximate surface area is 402 Å². The van der Waals surface area contributed by atoms with Crippen molar-refractivity contribution < 1.29 is 146 Å². The van der Waals surface area contributed by atoms with E-state index in [1.54, 1.807) is 6.92 Å². The predicted octanol–water partition coefficient (Wildman–Crippen LogP) is -10.7. The van der Waals surface area contributed by atoms with E-state index in [1.165, 1.54) is 0 Å². The maximum atomic E-state index is 14.9. The van der Waals surface area contributed by atoms with Crippen LogP contribution in [0.5, 0.6) is 0 Å². The maximum absolute atomic E-state index is 14.9. The molecule has 0 radical (unpaired) electrons. The third-order valence-electron chi connectivity index (χ3n) is 16.9. The van der Waals surface area contributed by atoms with Crippen LogP contribution in [-0.4, -0.2) is 117 Å². The molecule has 326 valence electrons. The van der Waals surface area contributed by atoms with Crippen molar-refractivity contribution in [3.05, 3.63) is 11.6 Å². The number of ether oxygens (including phenoxy) is 4. The summed E-state index contributed by atoms with van der Waals surface area (Å²) in [5.41, 5.74) is -2.05. The van der Waals surface area contributed by atoms with E-state index in [0.717, 1.165) is 37.7 Å². The van der Waals surface area contributed by atoms with Gasteiger partial charge in [-0.2, -0.15) is 0 Å². The zero-order valence-corrected chi connectivity index (χ0v) is 39.3. The van der Waals surface area contributed by atoms with Crippen LogP contribution in [0.4, 0.5) is 0 Å². The van der Waals surface area contributed by atoms with Crippen molar-refractivity contribution in [2.75, 3.05) is 0 Å². The summed E-state index contributed by atoms with van der Waals surface area (Å²) in [7, 11) is 0. The summed E-state index contributed by atoms with van der Waals surface area (Å²) in [4.78, 5) is 51.2. The third kappa shape index (κ3) is 8.40. The van der Waals surface area contributed by atoms with Crippen LogP contribution in [0.2, 0.25) is 0 Å². The molecule has 0 aromatic heterocycles. The second-order valence-corrected chi connectivity index (χ2v) is 20.7. The molecule has 4 saturated carbocycles. The SMILES string of the molecule is CC1(C(=O)[O-])CCC2(C)CCC3(C)C(=CC(=O)C4C5(C)CC(OC6OC(C(=O)[O-])C(OC7OC(C(=O)[O-])C(O)C(O)C7O)C(O)C6O)CC(C)(C)C5CCC43C)C2C1.[Li+].[Li+].[Na+]. The van der Waals surface area contributed by atoms with Gasteiger partial charge in [0.25, 0.3) is 0 Å². The number of hydrogen-bond donors (Lipinski definition) is 5. The van der Waals surface area contributed by atoms with E-state index in [-0.39, 0.29) is 90.3 Å². The van der Waals surface area contributed by atoms with Crippen LogP contribution in [0.25, 0.3) is 0 Å². The fraction of sp³-hybridized carbons (Fsp3) is 0.857. The Morgan fingerprint density at radius 1 is 0.705 bits per heavy atom. The minimum atomic E-state index is -2.19. The summed E-state index contributed by atoms with van der Waals surface area (Å²) in [6.07, 6.45) is -13.6. The minimum absolute atomic E-state index is 0. The van der Waals surface area contributed by atoms with Gasteiger partial charge in [0.2, 0.25) is 0 Å². The van der Waals surface area contributed by atoms with Crippen LogP contribution >= 0.6 is 0 Å². The number of allylic oxidation sites excluding steroid dienone is 2. The Hall–Kier alpha value is -0.345. The van der Waals surface area contributed by atoms with Gasteiger partial charge in [0.1, 0.15) is 48.8 Å². The maximum Gasteiger partial charge on any atom is 1.00 e. The van der Waals surface area contributed by atoms with Gasteiger partial charge in [-0.1, -0.05) is 54.0 Å². The molecule has 5 N–H and O–H groups in total. The van der Waals surface area contributed by atoms with Crippen LogP contribution in [-0.2, 0) is 38.1 Å². The zero-order chi connectivity index (χ0) is 42.9. The first-order valence-corrected chi connectivity index (χ1v) is 20.7. The average Bonchev–Trinajstić information content (AvgIpc) is 3.11. The van der Waals surface area contributed by atoms with Gasteiger partial charge in [0, 0.05) is 17.3 Å². The predicted molar refractivity (Wildman–Crippen MR) is 192 cm³/mol. The Bertz CT molecular complexity index is 1750. The number of hydrogen-bond acceptors (Lipinski definition) is 16. The smallest absolute Gasteiger partial charge is 0.550 e. The monoisotopic (exact) mass is 856 g/mol. The molecule has 2 saturated heterocycles. The first kappa shape index (κ1) is 53.3. The number of carbonyl (C=O) groups is 4. The molecule has 0 aromatic rings. The molecule has 0 aromatic carbocycles. The molecule has 19 unspecified atom stereocenters. The number of aliphatic carboxylic acids is 3. The van der Waals surface area contributed by atoms with Crippen LogP contribution < -0.4 is 82.6 Å². The molecule has 2 aliphatic heterocycles. The Balaban J connectivity index is 0.00000273. The molecule has 6 fully saturated rings. The van der Waals surface area contributed by atoms with Gasteiger partial charge in [-0.15, -0.1) is 0 Å². The Morgan fingerprint density at radius 3 is 1.85 bits per heavy atom. The van der Waals surface area contributed by atoms with Crippen LogP contribution in [0.3, 0.4) is 0 Å². The Kier molecular flexibility index (Phi) is 15.8. The fourth-order valence-electron chi connectivity index (χ4n) is 13.5. The third-order valence-corrected chi connectivity index (χ3v) is 16.9. The molecule has 61 heavy (non-hydrogen) atoms. The standard InChI is InChI=1S/C42H62O16.2Li.Na/c1-37(2)15-18(55-34-27(48)25(46)28(30(58-34)33(51)52)56-35-26(47)23(44)24(45)29(57-35)32(49)50)16-40(5)22(37)8-9-42(7)31(40)21(43)14-19-20-17-39(4,36(53)54)11-10-38(20,3)12-13-41(19,42)6;;;/h14,18,20,22-31,34-35,44-48H,8-13,15-17H2,1-7H3,(H,49,50)(H,51,52)(H,53,54);;;/q;3*+1/p-3. The first-order chi connectivity index (χ1) is 26.7. The average molecular weight is 857 g/mol.